The van der Waals surface area contributed by atoms with Crippen LogP contribution in [0, 0.1) is 0 Å². The summed E-state index contributed by atoms with van der Waals surface area (Å²) in [7, 11) is 1.63. The predicted molar refractivity (Wildman–Crippen MR) is 61.9 cm³/mol. The highest BCUT2D eigenvalue weighted by Gasteiger charge is 2.46. The van der Waals surface area contributed by atoms with Crippen molar-refractivity contribution in [2.45, 2.75) is 18.3 Å². The van der Waals surface area contributed by atoms with Gasteiger partial charge in [0.25, 0.3) is 0 Å². The summed E-state index contributed by atoms with van der Waals surface area (Å²) in [6, 6.07) is 5.54. The molecular weight excluding hydrogens is 226 g/mol. The summed E-state index contributed by atoms with van der Waals surface area (Å²) in [5.41, 5.74) is 0.981. The predicted octanol–water partition coefficient (Wildman–Crippen LogP) is 2.72. The third-order valence-electron chi connectivity index (χ3n) is 3.03. The van der Waals surface area contributed by atoms with Gasteiger partial charge in [0.05, 0.1) is 13.7 Å². The molecule has 1 aliphatic rings. The summed E-state index contributed by atoms with van der Waals surface area (Å²) >= 11 is 5.98. The average Bonchev–Trinajstić information content (AvgIpc) is 3.07. The smallest absolute Gasteiger partial charge is 0.234 e. The molecule has 16 heavy (non-hydrogen) atoms. The largest absolute Gasteiger partial charge is 0.496 e. The fourth-order valence-electron chi connectivity index (χ4n) is 1.94. The first-order valence-electron chi connectivity index (χ1n) is 5.09. The van der Waals surface area contributed by atoms with E-state index in [2.05, 4.69) is 4.99 Å². The second-order valence-corrected chi connectivity index (χ2v) is 4.47. The van der Waals surface area contributed by atoms with E-state index in [0.717, 1.165) is 24.2 Å². The molecule has 0 amide bonds. The SMILES string of the molecule is COc1ccc(Cl)cc1C1(CN=C=O)CC1. The summed E-state index contributed by atoms with van der Waals surface area (Å²) in [6.45, 7) is 0.465. The van der Waals surface area contributed by atoms with Crippen LogP contribution in [0.1, 0.15) is 18.4 Å². The zero-order chi connectivity index (χ0) is 11.6. The van der Waals surface area contributed by atoms with Crippen molar-refractivity contribution >= 4 is 17.7 Å². The van der Waals surface area contributed by atoms with Crippen molar-refractivity contribution in [2.75, 3.05) is 13.7 Å². The van der Waals surface area contributed by atoms with Gasteiger partial charge in [0.2, 0.25) is 6.08 Å². The maximum atomic E-state index is 10.2. The molecule has 0 aromatic heterocycles. The fourth-order valence-corrected chi connectivity index (χ4v) is 2.11. The number of halogens is 1. The van der Waals surface area contributed by atoms with Gasteiger partial charge in [-0.05, 0) is 31.0 Å². The van der Waals surface area contributed by atoms with Crippen LogP contribution < -0.4 is 4.74 Å². The average molecular weight is 238 g/mol. The molecule has 84 valence electrons. The normalized spacial score (nSPS) is 16.4. The first kappa shape index (κ1) is 11.2. The van der Waals surface area contributed by atoms with Crippen molar-refractivity contribution in [3.05, 3.63) is 28.8 Å². The number of benzene rings is 1. The zero-order valence-electron chi connectivity index (χ0n) is 9.00. The van der Waals surface area contributed by atoms with E-state index in [1.54, 1.807) is 19.3 Å². The van der Waals surface area contributed by atoms with Crippen LogP contribution >= 0.6 is 11.6 Å². The molecule has 0 heterocycles. The van der Waals surface area contributed by atoms with E-state index < -0.39 is 0 Å². The minimum absolute atomic E-state index is 0.0619. The van der Waals surface area contributed by atoms with Gasteiger partial charge in [0, 0.05) is 16.0 Å². The Labute approximate surface area is 99.1 Å². The van der Waals surface area contributed by atoms with Crippen LogP contribution in [0.15, 0.2) is 23.2 Å². The van der Waals surface area contributed by atoms with E-state index >= 15 is 0 Å². The highest BCUT2D eigenvalue weighted by molar-refractivity contribution is 6.30. The van der Waals surface area contributed by atoms with Crippen LogP contribution in [0.4, 0.5) is 0 Å². The van der Waals surface area contributed by atoms with Gasteiger partial charge in [-0.1, -0.05) is 11.6 Å². The number of rotatable bonds is 4. The molecule has 0 unspecified atom stereocenters. The molecular formula is C12H12ClNO2. The molecule has 4 heteroatoms. The van der Waals surface area contributed by atoms with Gasteiger partial charge < -0.3 is 4.74 Å². The number of hydrogen-bond acceptors (Lipinski definition) is 3. The molecule has 1 aliphatic carbocycles. The van der Waals surface area contributed by atoms with Crippen LogP contribution in [-0.2, 0) is 10.2 Å². The number of ether oxygens (including phenoxy) is 1. The van der Waals surface area contributed by atoms with Crippen molar-refractivity contribution in [3.63, 3.8) is 0 Å². The van der Waals surface area contributed by atoms with Crippen molar-refractivity contribution in [1.29, 1.82) is 0 Å². The number of methoxy groups -OCH3 is 1. The third kappa shape index (κ3) is 1.97. The van der Waals surface area contributed by atoms with Gasteiger partial charge in [0.15, 0.2) is 0 Å². The van der Waals surface area contributed by atoms with Gasteiger partial charge >= 0.3 is 0 Å². The van der Waals surface area contributed by atoms with Gasteiger partial charge in [-0.25, -0.2) is 9.79 Å². The summed E-state index contributed by atoms with van der Waals surface area (Å²) in [5.74, 6) is 0.808. The Morgan fingerprint density at radius 1 is 1.56 bits per heavy atom. The van der Waals surface area contributed by atoms with Crippen LogP contribution in [0.3, 0.4) is 0 Å². The molecule has 0 bridgehead atoms. The summed E-state index contributed by atoms with van der Waals surface area (Å²) in [6.07, 6.45) is 3.60. The molecule has 2 rings (SSSR count). The second-order valence-electron chi connectivity index (χ2n) is 4.03. The Hall–Kier alpha value is -1.31. The van der Waals surface area contributed by atoms with Crippen LogP contribution in [0.2, 0.25) is 5.02 Å². The van der Waals surface area contributed by atoms with E-state index in [9.17, 15) is 4.79 Å². The Kier molecular flexibility index (Phi) is 2.99. The van der Waals surface area contributed by atoms with E-state index in [-0.39, 0.29) is 5.41 Å². The van der Waals surface area contributed by atoms with E-state index in [4.69, 9.17) is 16.3 Å². The molecule has 1 fully saturated rings. The Bertz CT molecular complexity index is 448. The lowest BCUT2D eigenvalue weighted by Crippen LogP contribution is -2.12. The molecule has 0 radical (unpaired) electrons. The molecule has 0 aliphatic heterocycles. The zero-order valence-corrected chi connectivity index (χ0v) is 9.75. The maximum absolute atomic E-state index is 10.2. The summed E-state index contributed by atoms with van der Waals surface area (Å²) in [4.78, 5) is 13.9. The van der Waals surface area contributed by atoms with Crippen LogP contribution in [-0.4, -0.2) is 19.7 Å². The van der Waals surface area contributed by atoms with Crippen LogP contribution in [0.5, 0.6) is 5.75 Å². The summed E-state index contributed by atoms with van der Waals surface area (Å²) < 4.78 is 5.31. The minimum Gasteiger partial charge on any atom is -0.496 e. The van der Waals surface area contributed by atoms with Crippen LogP contribution in [0.25, 0.3) is 0 Å². The lowest BCUT2D eigenvalue weighted by atomic mass is 9.95. The van der Waals surface area contributed by atoms with Gasteiger partial charge in [-0.3, -0.25) is 0 Å². The summed E-state index contributed by atoms with van der Waals surface area (Å²) in [5, 5.41) is 0.678. The van der Waals surface area contributed by atoms with E-state index in [1.165, 1.54) is 0 Å². The highest BCUT2D eigenvalue weighted by atomic mass is 35.5. The monoisotopic (exact) mass is 237 g/mol. The first-order valence-corrected chi connectivity index (χ1v) is 5.47. The Balaban J connectivity index is 2.38. The number of aliphatic imine (C=N–C) groups is 1. The second kappa shape index (κ2) is 4.28. The Morgan fingerprint density at radius 3 is 2.88 bits per heavy atom. The Morgan fingerprint density at radius 2 is 2.31 bits per heavy atom. The molecule has 1 saturated carbocycles. The first-order chi connectivity index (χ1) is 7.72. The van der Waals surface area contributed by atoms with Crippen molar-refractivity contribution < 1.29 is 9.53 Å². The van der Waals surface area contributed by atoms with Gasteiger partial charge in [-0.2, -0.15) is 0 Å². The number of carbonyl (C=O) groups excluding carboxylic acids is 1. The lowest BCUT2D eigenvalue weighted by molar-refractivity contribution is 0.404. The molecule has 1 aromatic rings. The maximum Gasteiger partial charge on any atom is 0.234 e. The van der Waals surface area contributed by atoms with Gasteiger partial charge in [0.1, 0.15) is 5.75 Å². The molecule has 0 saturated heterocycles. The lowest BCUT2D eigenvalue weighted by Gasteiger charge is -2.16. The third-order valence-corrected chi connectivity index (χ3v) is 3.27. The minimum atomic E-state index is -0.0619. The topological polar surface area (TPSA) is 38.7 Å². The highest BCUT2D eigenvalue weighted by Crippen LogP contribution is 2.51. The van der Waals surface area contributed by atoms with E-state index in [1.807, 2.05) is 12.1 Å². The molecule has 0 spiro atoms. The van der Waals surface area contributed by atoms with Gasteiger partial charge in [-0.15, -0.1) is 0 Å². The standard InChI is InChI=1S/C12H12ClNO2/c1-16-11-3-2-9(13)6-10(11)12(4-5-12)7-14-8-15/h2-3,6H,4-5,7H2,1H3. The van der Waals surface area contributed by atoms with Crippen molar-refractivity contribution in [1.82, 2.24) is 0 Å². The fraction of sp³-hybridized carbons (Fsp3) is 0.417. The van der Waals surface area contributed by atoms with E-state index in [0.29, 0.717) is 11.6 Å². The molecule has 3 nitrogen and oxygen atoms in total. The van der Waals surface area contributed by atoms with Crippen molar-refractivity contribution in [3.8, 4) is 5.75 Å². The molecule has 0 atom stereocenters. The quantitative estimate of drug-likeness (QED) is 0.597. The molecule has 1 aromatic carbocycles. The number of nitrogens with zero attached hydrogens (tertiary/aromatic N) is 1. The number of isocyanates is 1. The molecule has 0 N–H and O–H groups in total. The van der Waals surface area contributed by atoms with Crippen molar-refractivity contribution in [2.24, 2.45) is 4.99 Å². The number of hydrogen-bond donors (Lipinski definition) is 0.